The van der Waals surface area contributed by atoms with Gasteiger partial charge in [0.15, 0.2) is 23.1 Å². The van der Waals surface area contributed by atoms with Crippen LogP contribution in [-0.2, 0) is 0 Å². The fourth-order valence-corrected chi connectivity index (χ4v) is 2.24. The molecule has 6 heteroatoms. The Labute approximate surface area is 144 Å². The Balaban J connectivity index is 2.35. The van der Waals surface area contributed by atoms with E-state index in [-0.39, 0.29) is 35.8 Å². The summed E-state index contributed by atoms with van der Waals surface area (Å²) in [4.78, 5) is 0. The molecule has 2 aromatic carbocycles. The van der Waals surface area contributed by atoms with Gasteiger partial charge in [0.1, 0.15) is 0 Å². The van der Waals surface area contributed by atoms with Gasteiger partial charge in [0.2, 0.25) is 11.6 Å². The number of ether oxygens (including phenoxy) is 2. The van der Waals surface area contributed by atoms with Gasteiger partial charge < -0.3 is 9.47 Å². The van der Waals surface area contributed by atoms with Crippen molar-refractivity contribution in [2.45, 2.75) is 33.1 Å². The fraction of sp³-hybridized carbons (Fsp3) is 0.368. The van der Waals surface area contributed by atoms with Crippen LogP contribution in [0.5, 0.6) is 11.5 Å². The van der Waals surface area contributed by atoms with Crippen LogP contribution in [-0.4, -0.2) is 13.2 Å². The van der Waals surface area contributed by atoms with E-state index in [0.717, 1.165) is 6.42 Å². The minimum absolute atomic E-state index is 0.225. The lowest BCUT2D eigenvalue weighted by molar-refractivity contribution is 0.289. The highest BCUT2D eigenvalue weighted by molar-refractivity contribution is 5.67. The summed E-state index contributed by atoms with van der Waals surface area (Å²) in [6, 6.07) is 4.75. The molecule has 25 heavy (non-hydrogen) atoms. The Morgan fingerprint density at radius 3 is 1.56 bits per heavy atom. The quantitative estimate of drug-likeness (QED) is 0.434. The van der Waals surface area contributed by atoms with Gasteiger partial charge in [0.05, 0.1) is 13.2 Å². The number of benzene rings is 2. The predicted octanol–water partition coefficient (Wildman–Crippen LogP) is 5.88. The SMILES string of the molecule is CCCCOc1ccc(-c2ccc(OCCC)c(F)c2F)c(F)c1F. The van der Waals surface area contributed by atoms with Crippen LogP contribution in [0.25, 0.3) is 11.1 Å². The van der Waals surface area contributed by atoms with Crippen molar-refractivity contribution in [2.75, 3.05) is 13.2 Å². The zero-order valence-electron chi connectivity index (χ0n) is 14.2. The molecular formula is C19H20F4O2. The van der Waals surface area contributed by atoms with Gasteiger partial charge in [0.25, 0.3) is 0 Å². The molecule has 0 spiro atoms. The molecule has 2 aromatic rings. The molecule has 0 heterocycles. The van der Waals surface area contributed by atoms with Crippen LogP contribution in [0.4, 0.5) is 17.6 Å². The zero-order chi connectivity index (χ0) is 18.4. The van der Waals surface area contributed by atoms with E-state index < -0.39 is 23.3 Å². The van der Waals surface area contributed by atoms with Crippen molar-refractivity contribution in [1.29, 1.82) is 0 Å². The van der Waals surface area contributed by atoms with E-state index in [2.05, 4.69) is 0 Å². The number of hydrogen-bond acceptors (Lipinski definition) is 2. The minimum Gasteiger partial charge on any atom is -0.490 e. The first-order valence-corrected chi connectivity index (χ1v) is 8.23. The average Bonchev–Trinajstić information content (AvgIpc) is 2.61. The van der Waals surface area contributed by atoms with E-state index >= 15 is 0 Å². The highest BCUT2D eigenvalue weighted by Gasteiger charge is 2.21. The molecule has 0 aromatic heterocycles. The topological polar surface area (TPSA) is 18.5 Å². The lowest BCUT2D eigenvalue weighted by Gasteiger charge is -2.12. The van der Waals surface area contributed by atoms with E-state index in [0.29, 0.717) is 12.8 Å². The molecule has 2 nitrogen and oxygen atoms in total. The summed E-state index contributed by atoms with van der Waals surface area (Å²) in [6.45, 7) is 4.24. The molecule has 0 bridgehead atoms. The van der Waals surface area contributed by atoms with Crippen molar-refractivity contribution in [1.82, 2.24) is 0 Å². The Morgan fingerprint density at radius 2 is 1.12 bits per heavy atom. The normalized spacial score (nSPS) is 10.8. The monoisotopic (exact) mass is 356 g/mol. The summed E-state index contributed by atoms with van der Waals surface area (Å²) < 4.78 is 67.0. The van der Waals surface area contributed by atoms with Crippen LogP contribution in [0.15, 0.2) is 24.3 Å². The van der Waals surface area contributed by atoms with Crippen molar-refractivity contribution >= 4 is 0 Å². The van der Waals surface area contributed by atoms with E-state index in [1.54, 1.807) is 0 Å². The second kappa shape index (κ2) is 8.74. The summed E-state index contributed by atoms with van der Waals surface area (Å²) in [5, 5.41) is 0. The van der Waals surface area contributed by atoms with Crippen molar-refractivity contribution in [2.24, 2.45) is 0 Å². The number of hydrogen-bond donors (Lipinski definition) is 0. The smallest absolute Gasteiger partial charge is 0.201 e. The third-order valence-electron chi connectivity index (χ3n) is 3.60. The molecule has 0 N–H and O–H groups in total. The van der Waals surface area contributed by atoms with E-state index in [1.807, 2.05) is 13.8 Å². The van der Waals surface area contributed by atoms with Crippen LogP contribution < -0.4 is 9.47 Å². The number of unbranched alkanes of at least 4 members (excludes halogenated alkanes) is 1. The van der Waals surface area contributed by atoms with Crippen molar-refractivity contribution < 1.29 is 27.0 Å². The van der Waals surface area contributed by atoms with Gasteiger partial charge in [-0.1, -0.05) is 20.3 Å². The molecule has 2 rings (SSSR count). The van der Waals surface area contributed by atoms with E-state index in [1.165, 1.54) is 24.3 Å². The standard InChI is InChI=1S/C19H20F4O2/c1-3-5-11-25-15-9-7-13(17(21)19(15)23)12-6-8-14(24-10-4-2)18(22)16(12)20/h6-9H,3-5,10-11H2,1-2H3. The van der Waals surface area contributed by atoms with Gasteiger partial charge in [-0.2, -0.15) is 8.78 Å². The first-order chi connectivity index (χ1) is 12.0. The average molecular weight is 356 g/mol. The van der Waals surface area contributed by atoms with Crippen molar-refractivity contribution in [3.63, 3.8) is 0 Å². The molecule has 0 aliphatic rings. The first kappa shape index (κ1) is 19.1. The molecule has 0 saturated heterocycles. The molecule has 0 unspecified atom stereocenters. The number of halogens is 4. The fourth-order valence-electron chi connectivity index (χ4n) is 2.24. The molecule has 0 fully saturated rings. The van der Waals surface area contributed by atoms with Gasteiger partial charge in [-0.05, 0) is 37.1 Å². The Bertz CT molecular complexity index is 732. The molecule has 0 aliphatic carbocycles. The van der Waals surface area contributed by atoms with Crippen LogP contribution >= 0.6 is 0 Å². The van der Waals surface area contributed by atoms with Crippen LogP contribution in [0, 0.1) is 23.3 Å². The van der Waals surface area contributed by atoms with E-state index in [4.69, 9.17) is 9.47 Å². The van der Waals surface area contributed by atoms with Crippen molar-refractivity contribution in [3.05, 3.63) is 47.5 Å². The summed E-state index contributed by atoms with van der Waals surface area (Å²) in [7, 11) is 0. The van der Waals surface area contributed by atoms with Crippen molar-refractivity contribution in [3.8, 4) is 22.6 Å². The first-order valence-electron chi connectivity index (χ1n) is 8.23. The lowest BCUT2D eigenvalue weighted by atomic mass is 10.0. The minimum atomic E-state index is -1.29. The highest BCUT2D eigenvalue weighted by atomic mass is 19.2. The molecular weight excluding hydrogens is 336 g/mol. The van der Waals surface area contributed by atoms with Crippen LogP contribution in [0.2, 0.25) is 0 Å². The second-order valence-electron chi connectivity index (χ2n) is 5.53. The second-order valence-corrected chi connectivity index (χ2v) is 5.53. The Morgan fingerprint density at radius 1 is 0.640 bits per heavy atom. The molecule has 0 radical (unpaired) electrons. The maximum Gasteiger partial charge on any atom is 0.201 e. The highest BCUT2D eigenvalue weighted by Crippen LogP contribution is 2.34. The van der Waals surface area contributed by atoms with E-state index in [9.17, 15) is 17.6 Å². The molecule has 136 valence electrons. The summed E-state index contributed by atoms with van der Waals surface area (Å²) >= 11 is 0. The number of rotatable bonds is 8. The van der Waals surface area contributed by atoms with Gasteiger partial charge in [0, 0.05) is 11.1 Å². The van der Waals surface area contributed by atoms with Gasteiger partial charge in [-0.3, -0.25) is 0 Å². The largest absolute Gasteiger partial charge is 0.490 e. The zero-order valence-corrected chi connectivity index (χ0v) is 14.2. The third-order valence-corrected chi connectivity index (χ3v) is 3.60. The maximum absolute atomic E-state index is 14.3. The van der Waals surface area contributed by atoms with Gasteiger partial charge in [-0.25, -0.2) is 8.78 Å². The summed E-state index contributed by atoms with van der Waals surface area (Å²) in [6.07, 6.45) is 2.17. The lowest BCUT2D eigenvalue weighted by Crippen LogP contribution is -2.03. The molecule has 0 atom stereocenters. The molecule has 0 amide bonds. The maximum atomic E-state index is 14.3. The van der Waals surface area contributed by atoms with Crippen LogP contribution in [0.3, 0.4) is 0 Å². The van der Waals surface area contributed by atoms with Crippen LogP contribution in [0.1, 0.15) is 33.1 Å². The molecule has 0 saturated carbocycles. The summed E-state index contributed by atoms with van der Waals surface area (Å²) in [5.41, 5.74) is -0.753. The van der Waals surface area contributed by atoms with Gasteiger partial charge in [-0.15, -0.1) is 0 Å². The van der Waals surface area contributed by atoms with Gasteiger partial charge >= 0.3 is 0 Å². The third kappa shape index (κ3) is 4.24. The summed E-state index contributed by atoms with van der Waals surface area (Å²) in [5.74, 6) is -5.53. The molecule has 0 aliphatic heterocycles. The predicted molar refractivity (Wildman–Crippen MR) is 87.9 cm³/mol. The Kier molecular flexibility index (Phi) is 6.67. The Hall–Kier alpha value is -2.24.